The van der Waals surface area contributed by atoms with E-state index in [0.29, 0.717) is 26.3 Å². The molecule has 0 fully saturated rings. The zero-order valence-corrected chi connectivity index (χ0v) is 28.9. The predicted molar refractivity (Wildman–Crippen MR) is 185 cm³/mol. The summed E-state index contributed by atoms with van der Waals surface area (Å²) in [5.74, 6) is 0. The summed E-state index contributed by atoms with van der Waals surface area (Å²) in [6.07, 6.45) is 0. The number of aromatic nitrogens is 4. The lowest BCUT2D eigenvalue weighted by molar-refractivity contribution is 0.117. The van der Waals surface area contributed by atoms with Gasteiger partial charge in [0.25, 0.3) is 22.2 Å². The van der Waals surface area contributed by atoms with E-state index in [-0.39, 0.29) is 47.8 Å². The fraction of sp³-hybridized carbons (Fsp3) is 0.375. The summed E-state index contributed by atoms with van der Waals surface area (Å²) in [5.41, 5.74) is 2.93. The number of benzene rings is 1. The second-order valence-electron chi connectivity index (χ2n) is 11.6. The molecule has 0 atom stereocenters. The van der Waals surface area contributed by atoms with Gasteiger partial charge < -0.3 is 18.6 Å². The highest BCUT2D eigenvalue weighted by Crippen LogP contribution is 2.64. The Bertz CT molecular complexity index is 2070. The Morgan fingerprint density at radius 3 is 1.00 bits per heavy atom. The average molecular weight is 695 g/mol. The third-order valence-corrected chi connectivity index (χ3v) is 15.3. The van der Waals surface area contributed by atoms with Crippen molar-refractivity contribution in [1.82, 2.24) is 18.3 Å². The van der Waals surface area contributed by atoms with Crippen molar-refractivity contribution in [1.29, 1.82) is 0 Å². The zero-order valence-electron chi connectivity index (χ0n) is 25.7. The highest BCUT2D eigenvalue weighted by Gasteiger charge is 2.34. The van der Waals surface area contributed by atoms with E-state index < -0.39 is 22.2 Å². The van der Waals surface area contributed by atoms with Crippen molar-refractivity contribution in [2.24, 2.45) is 0 Å². The van der Waals surface area contributed by atoms with Gasteiger partial charge in [-0.05, 0) is 39.8 Å². The summed E-state index contributed by atoms with van der Waals surface area (Å²) in [6, 6.07) is 2.79. The topological polar surface area (TPSA) is 106 Å². The average Bonchev–Trinajstić information content (AvgIpc) is 3.85. The monoisotopic (exact) mass is 694 g/mol. The van der Waals surface area contributed by atoms with E-state index in [2.05, 4.69) is 36.8 Å². The Balaban J connectivity index is 1.13. The fourth-order valence-corrected chi connectivity index (χ4v) is 12.6. The van der Waals surface area contributed by atoms with E-state index in [4.69, 9.17) is 9.47 Å². The summed E-state index contributed by atoms with van der Waals surface area (Å²) < 4.78 is 21.3. The molecule has 4 aromatic heterocycles. The lowest BCUT2D eigenvalue weighted by Crippen LogP contribution is -2.28. The summed E-state index contributed by atoms with van der Waals surface area (Å²) in [6.45, 7) is 11.3. The van der Waals surface area contributed by atoms with E-state index in [1.807, 2.05) is 47.0 Å². The van der Waals surface area contributed by atoms with Crippen LogP contribution in [0.25, 0.3) is 21.5 Å². The van der Waals surface area contributed by atoms with Gasteiger partial charge in [-0.25, -0.2) is 0 Å². The van der Waals surface area contributed by atoms with Gasteiger partial charge in [0.2, 0.25) is 0 Å². The molecule has 238 valence electrons. The smallest absolute Gasteiger partial charge is 0.261 e. The van der Waals surface area contributed by atoms with E-state index >= 15 is 0 Å². The van der Waals surface area contributed by atoms with Crippen LogP contribution in [0.1, 0.15) is 22.8 Å². The van der Waals surface area contributed by atoms with Crippen LogP contribution >= 0.6 is 47.0 Å². The van der Waals surface area contributed by atoms with E-state index in [1.165, 1.54) is 63.0 Å². The SMILES string of the molecule is Cc1c2c3c(C)n1CCOCCn1c(=O)c4cc5c(=O)n(c(=O)c5cc4c1=O)CCOCCn1c(C)c4c(c1C)SC(=C(S2)S3)S4. The normalized spacial score (nSPS) is 17.5. The van der Waals surface area contributed by atoms with Crippen molar-refractivity contribution in [2.75, 3.05) is 26.4 Å². The summed E-state index contributed by atoms with van der Waals surface area (Å²) >= 11 is 7.40. The van der Waals surface area contributed by atoms with Crippen molar-refractivity contribution >= 4 is 68.6 Å². The van der Waals surface area contributed by atoms with Crippen LogP contribution in [0, 0.1) is 27.7 Å². The number of nitrogens with zero attached hydrogens (tertiary/aromatic N) is 4. The second kappa shape index (κ2) is 11.4. The molecule has 0 N–H and O–H groups in total. The molecule has 1 aromatic carbocycles. The molecule has 0 saturated heterocycles. The Hall–Kier alpha value is -2.88. The van der Waals surface area contributed by atoms with Crippen LogP contribution in [-0.4, -0.2) is 44.7 Å². The first-order chi connectivity index (χ1) is 22.2. The number of thioether (sulfide) groups is 4. The maximum Gasteiger partial charge on any atom is 0.261 e. The quantitative estimate of drug-likeness (QED) is 0.226. The van der Waals surface area contributed by atoms with E-state index in [9.17, 15) is 19.2 Å². The summed E-state index contributed by atoms with van der Waals surface area (Å²) in [4.78, 5) is 58.0. The molecular weight excluding hydrogens is 665 g/mol. The standard InChI is InChI=1S/C32H30N4O6S4/c1-15-23-24-16(2)33(15)5-9-41-11-7-35-27(37)19-13-21-22(14-20(19)28(35)38)30(40)36(29(21)39)8-12-42-10-6-34-17(3)25-26(18(34)4)46-32(45-25)31(43-23)44-24/h13-14H,5-12H2,1-4H3. The molecule has 14 bridgehead atoms. The van der Waals surface area contributed by atoms with Crippen LogP contribution in [-0.2, 0) is 35.7 Å². The van der Waals surface area contributed by atoms with Gasteiger partial charge in [0.1, 0.15) is 0 Å². The van der Waals surface area contributed by atoms with Crippen molar-refractivity contribution < 1.29 is 9.47 Å². The van der Waals surface area contributed by atoms with Crippen molar-refractivity contribution in [2.45, 2.75) is 73.5 Å². The maximum absolute atomic E-state index is 13.2. The molecule has 14 heterocycles. The van der Waals surface area contributed by atoms with Crippen LogP contribution in [0.15, 0.2) is 59.4 Å². The first-order valence-corrected chi connectivity index (χ1v) is 18.3. The van der Waals surface area contributed by atoms with Crippen LogP contribution < -0.4 is 22.2 Å². The van der Waals surface area contributed by atoms with Crippen LogP contribution in [0.3, 0.4) is 0 Å². The molecule has 14 heteroatoms. The molecule has 5 aromatic rings. The largest absolute Gasteiger partial charge is 0.378 e. The Morgan fingerprint density at radius 1 is 0.457 bits per heavy atom. The minimum Gasteiger partial charge on any atom is -0.378 e. The lowest BCUT2D eigenvalue weighted by atomic mass is 10.1. The van der Waals surface area contributed by atoms with Gasteiger partial charge in [-0.2, -0.15) is 0 Å². The fourth-order valence-electron chi connectivity index (χ4n) is 6.69. The summed E-state index contributed by atoms with van der Waals surface area (Å²) in [7, 11) is 0. The molecule has 46 heavy (non-hydrogen) atoms. The minimum atomic E-state index is -0.479. The van der Waals surface area contributed by atoms with Gasteiger partial charge in [-0.1, -0.05) is 47.0 Å². The van der Waals surface area contributed by atoms with Gasteiger partial charge in [0, 0.05) is 55.4 Å². The number of hydrogen-bond donors (Lipinski definition) is 0. The molecular formula is C32H30N4O6S4. The third kappa shape index (κ3) is 4.51. The first-order valence-electron chi connectivity index (χ1n) is 15.1. The Labute approximate surface area is 279 Å². The molecule has 0 unspecified atom stereocenters. The molecule has 15 rings (SSSR count). The van der Waals surface area contributed by atoms with E-state index in [0.717, 1.165) is 9.13 Å². The Morgan fingerprint density at radius 2 is 0.717 bits per heavy atom. The predicted octanol–water partition coefficient (Wildman–Crippen LogP) is 4.72. The molecule has 10 aliphatic heterocycles. The zero-order chi connectivity index (χ0) is 32.0. The number of ether oxygens (including phenoxy) is 2. The van der Waals surface area contributed by atoms with Gasteiger partial charge in [0.05, 0.1) is 69.5 Å². The highest BCUT2D eigenvalue weighted by atomic mass is 32.2. The summed E-state index contributed by atoms with van der Waals surface area (Å²) in [5, 5.41) is 0.574. The van der Waals surface area contributed by atoms with Gasteiger partial charge in [-0.3, -0.25) is 28.3 Å². The second-order valence-corrected chi connectivity index (χ2v) is 16.2. The molecule has 0 radical (unpaired) electrons. The maximum atomic E-state index is 13.2. The number of hydrogen-bond acceptors (Lipinski definition) is 10. The van der Waals surface area contributed by atoms with Gasteiger partial charge in [0.15, 0.2) is 0 Å². The van der Waals surface area contributed by atoms with Crippen LogP contribution in [0.4, 0.5) is 0 Å². The van der Waals surface area contributed by atoms with Crippen LogP contribution in [0.5, 0.6) is 0 Å². The van der Waals surface area contributed by atoms with E-state index in [1.54, 1.807) is 0 Å². The first kappa shape index (κ1) is 30.5. The van der Waals surface area contributed by atoms with Gasteiger partial charge in [-0.15, -0.1) is 0 Å². The molecule has 0 aliphatic carbocycles. The number of rotatable bonds is 0. The molecule has 10 aliphatic rings. The molecule has 0 spiro atoms. The molecule has 0 saturated carbocycles. The third-order valence-electron chi connectivity index (χ3n) is 9.19. The van der Waals surface area contributed by atoms with Crippen molar-refractivity contribution in [3.8, 4) is 0 Å². The molecule has 0 amide bonds. The van der Waals surface area contributed by atoms with Crippen molar-refractivity contribution in [3.05, 3.63) is 84.8 Å². The molecule has 10 nitrogen and oxygen atoms in total. The van der Waals surface area contributed by atoms with Gasteiger partial charge >= 0.3 is 0 Å². The highest BCUT2D eigenvalue weighted by molar-refractivity contribution is 8.30. The minimum absolute atomic E-state index is 0.0870. The Kier molecular flexibility index (Phi) is 7.53. The lowest BCUT2D eigenvalue weighted by Gasteiger charge is -2.13. The van der Waals surface area contributed by atoms with Crippen molar-refractivity contribution in [3.63, 3.8) is 0 Å². The van der Waals surface area contributed by atoms with Crippen LogP contribution in [0.2, 0.25) is 0 Å².